The minimum Gasteiger partial charge on any atom is -0.314 e. The molecule has 1 nitrogen and oxygen atoms in total. The Kier molecular flexibility index (Phi) is 2.40. The van der Waals surface area contributed by atoms with Crippen LogP contribution in [0.15, 0.2) is 0 Å². The van der Waals surface area contributed by atoms with E-state index in [1.165, 1.54) is 25.7 Å². The topological polar surface area (TPSA) is 12.0 Å². The van der Waals surface area contributed by atoms with Crippen LogP contribution in [0, 0.1) is 17.8 Å². The molecule has 2 atom stereocenters. The van der Waals surface area contributed by atoms with Crippen LogP contribution < -0.4 is 5.32 Å². The van der Waals surface area contributed by atoms with Crippen molar-refractivity contribution in [2.75, 3.05) is 6.54 Å². The lowest BCUT2D eigenvalue weighted by Gasteiger charge is -2.47. The van der Waals surface area contributed by atoms with Crippen LogP contribution in [-0.4, -0.2) is 12.6 Å². The minimum atomic E-state index is 0.850. The maximum Gasteiger partial charge on any atom is 0.0123 e. The van der Waals surface area contributed by atoms with E-state index in [-0.39, 0.29) is 0 Å². The van der Waals surface area contributed by atoms with Crippen LogP contribution >= 0.6 is 0 Å². The molecular weight excluding hydrogens is 146 g/mol. The van der Waals surface area contributed by atoms with Crippen molar-refractivity contribution in [1.29, 1.82) is 0 Å². The molecule has 3 aliphatic carbocycles. The first-order valence-electron chi connectivity index (χ1n) is 5.56. The van der Waals surface area contributed by atoms with Crippen LogP contribution in [0.25, 0.3) is 0 Å². The Morgan fingerprint density at radius 3 is 2.17 bits per heavy atom. The van der Waals surface area contributed by atoms with Crippen molar-refractivity contribution in [3.63, 3.8) is 0 Å². The summed E-state index contributed by atoms with van der Waals surface area (Å²) in [4.78, 5) is 0. The van der Waals surface area contributed by atoms with Gasteiger partial charge < -0.3 is 5.32 Å². The van der Waals surface area contributed by atoms with Gasteiger partial charge in [0.05, 0.1) is 0 Å². The predicted octanol–water partition coefficient (Wildman–Crippen LogP) is 2.42. The van der Waals surface area contributed by atoms with E-state index >= 15 is 0 Å². The molecule has 3 aliphatic rings. The third kappa shape index (κ3) is 1.28. The van der Waals surface area contributed by atoms with Crippen LogP contribution in [0.1, 0.15) is 39.5 Å². The lowest BCUT2D eigenvalue weighted by atomic mass is 9.62. The standard InChI is InChI=1S/C11H21N/c1-3-12-11-8(2)9-4-6-10(11)7-5-9/h8-12H,3-7H2,1-2H3/t8-,9?,10?,11+/m0/s1. The van der Waals surface area contributed by atoms with E-state index in [1.54, 1.807) is 0 Å². The molecular formula is C11H21N. The summed E-state index contributed by atoms with van der Waals surface area (Å²) >= 11 is 0. The summed E-state index contributed by atoms with van der Waals surface area (Å²) in [6.45, 7) is 5.83. The fraction of sp³-hybridized carbons (Fsp3) is 1.00. The highest BCUT2D eigenvalue weighted by Crippen LogP contribution is 2.44. The van der Waals surface area contributed by atoms with E-state index < -0.39 is 0 Å². The fourth-order valence-corrected chi connectivity index (χ4v) is 3.34. The minimum absolute atomic E-state index is 0.850. The van der Waals surface area contributed by atoms with Crippen molar-refractivity contribution >= 4 is 0 Å². The van der Waals surface area contributed by atoms with Crippen molar-refractivity contribution in [1.82, 2.24) is 5.32 Å². The Hall–Kier alpha value is -0.0400. The Labute approximate surface area is 75.9 Å². The van der Waals surface area contributed by atoms with Crippen molar-refractivity contribution in [3.05, 3.63) is 0 Å². The first kappa shape index (κ1) is 8.55. The highest BCUT2D eigenvalue weighted by Gasteiger charge is 2.40. The van der Waals surface area contributed by atoms with E-state index in [0.717, 1.165) is 30.3 Å². The van der Waals surface area contributed by atoms with Crippen LogP contribution in [0.5, 0.6) is 0 Å². The smallest absolute Gasteiger partial charge is 0.0123 e. The zero-order chi connectivity index (χ0) is 8.55. The van der Waals surface area contributed by atoms with Gasteiger partial charge in [-0.3, -0.25) is 0 Å². The molecule has 0 unspecified atom stereocenters. The van der Waals surface area contributed by atoms with Gasteiger partial charge in [0, 0.05) is 6.04 Å². The maximum absolute atomic E-state index is 3.67. The highest BCUT2D eigenvalue weighted by molar-refractivity contribution is 4.94. The molecule has 3 rings (SSSR count). The lowest BCUT2D eigenvalue weighted by molar-refractivity contribution is 0.0628. The monoisotopic (exact) mass is 167 g/mol. The molecule has 1 N–H and O–H groups in total. The molecule has 70 valence electrons. The predicted molar refractivity (Wildman–Crippen MR) is 52.1 cm³/mol. The molecule has 0 aromatic heterocycles. The molecule has 0 saturated heterocycles. The second kappa shape index (κ2) is 3.37. The average molecular weight is 167 g/mol. The number of nitrogens with one attached hydrogen (secondary N) is 1. The summed E-state index contributed by atoms with van der Waals surface area (Å²) < 4.78 is 0. The largest absolute Gasteiger partial charge is 0.314 e. The molecule has 12 heavy (non-hydrogen) atoms. The third-order valence-corrected chi connectivity index (χ3v) is 4.07. The Balaban J connectivity index is 2.02. The van der Waals surface area contributed by atoms with E-state index in [9.17, 15) is 0 Å². The number of hydrogen-bond donors (Lipinski definition) is 1. The van der Waals surface area contributed by atoms with Crippen LogP contribution in [0.3, 0.4) is 0 Å². The summed E-state index contributed by atoms with van der Waals surface area (Å²) in [5, 5.41) is 3.67. The second-order valence-corrected chi connectivity index (χ2v) is 4.62. The molecule has 0 aliphatic heterocycles. The summed E-state index contributed by atoms with van der Waals surface area (Å²) in [6, 6.07) is 0.850. The molecule has 0 aromatic carbocycles. The van der Waals surface area contributed by atoms with E-state index in [0.29, 0.717) is 0 Å². The molecule has 2 bridgehead atoms. The van der Waals surface area contributed by atoms with Crippen molar-refractivity contribution in [2.24, 2.45) is 17.8 Å². The van der Waals surface area contributed by atoms with Gasteiger partial charge in [0.2, 0.25) is 0 Å². The average Bonchev–Trinajstić information content (AvgIpc) is 2.12. The number of hydrogen-bond acceptors (Lipinski definition) is 1. The van der Waals surface area contributed by atoms with Gasteiger partial charge in [0.15, 0.2) is 0 Å². The van der Waals surface area contributed by atoms with Gasteiger partial charge in [-0.25, -0.2) is 0 Å². The first-order valence-corrected chi connectivity index (χ1v) is 5.56. The molecule has 0 aromatic rings. The molecule has 1 heteroatoms. The fourth-order valence-electron chi connectivity index (χ4n) is 3.34. The van der Waals surface area contributed by atoms with Crippen molar-refractivity contribution < 1.29 is 0 Å². The van der Waals surface area contributed by atoms with E-state index in [2.05, 4.69) is 19.2 Å². The maximum atomic E-state index is 3.67. The van der Waals surface area contributed by atoms with E-state index in [4.69, 9.17) is 0 Å². The highest BCUT2D eigenvalue weighted by atomic mass is 14.9. The van der Waals surface area contributed by atoms with Crippen LogP contribution in [0.2, 0.25) is 0 Å². The van der Waals surface area contributed by atoms with Gasteiger partial charge in [-0.15, -0.1) is 0 Å². The number of rotatable bonds is 2. The van der Waals surface area contributed by atoms with Gasteiger partial charge >= 0.3 is 0 Å². The van der Waals surface area contributed by atoms with Gasteiger partial charge in [-0.1, -0.05) is 13.8 Å². The molecule has 0 radical (unpaired) electrons. The van der Waals surface area contributed by atoms with Crippen molar-refractivity contribution in [3.8, 4) is 0 Å². The molecule has 3 saturated carbocycles. The number of fused-ring (bicyclic) bond motifs is 3. The quantitative estimate of drug-likeness (QED) is 0.666. The molecule has 0 amide bonds. The molecule has 0 heterocycles. The zero-order valence-electron chi connectivity index (χ0n) is 8.34. The van der Waals surface area contributed by atoms with Crippen LogP contribution in [-0.2, 0) is 0 Å². The Morgan fingerprint density at radius 1 is 1.08 bits per heavy atom. The van der Waals surface area contributed by atoms with Gasteiger partial charge in [0.1, 0.15) is 0 Å². The third-order valence-electron chi connectivity index (χ3n) is 4.07. The second-order valence-electron chi connectivity index (χ2n) is 4.62. The van der Waals surface area contributed by atoms with Crippen molar-refractivity contribution in [2.45, 2.75) is 45.6 Å². The summed E-state index contributed by atoms with van der Waals surface area (Å²) in [7, 11) is 0. The van der Waals surface area contributed by atoms with E-state index in [1.807, 2.05) is 0 Å². The Bertz CT molecular complexity index is 145. The van der Waals surface area contributed by atoms with Gasteiger partial charge in [0.25, 0.3) is 0 Å². The molecule has 0 spiro atoms. The lowest BCUT2D eigenvalue weighted by Crippen LogP contribution is -2.50. The van der Waals surface area contributed by atoms with Gasteiger partial charge in [-0.05, 0) is 50.0 Å². The molecule has 3 fully saturated rings. The van der Waals surface area contributed by atoms with Crippen LogP contribution in [0.4, 0.5) is 0 Å². The normalized spacial score (nSPS) is 46.5. The first-order chi connectivity index (χ1) is 5.83. The van der Waals surface area contributed by atoms with Gasteiger partial charge in [-0.2, -0.15) is 0 Å². The zero-order valence-corrected chi connectivity index (χ0v) is 8.34. The summed E-state index contributed by atoms with van der Waals surface area (Å²) in [6.07, 6.45) is 6.00. The Morgan fingerprint density at radius 2 is 1.67 bits per heavy atom. The summed E-state index contributed by atoms with van der Waals surface area (Å²) in [5.41, 5.74) is 0. The summed E-state index contributed by atoms with van der Waals surface area (Å²) in [5.74, 6) is 2.99. The SMILES string of the molecule is CCN[C@H]1C2CCC(CC2)[C@@H]1C.